The van der Waals surface area contributed by atoms with Crippen LogP contribution in [-0.4, -0.2) is 56.1 Å². The molecule has 2 atom stereocenters. The summed E-state index contributed by atoms with van der Waals surface area (Å²) in [6.07, 6.45) is 0. The Morgan fingerprint density at radius 3 is 2.45 bits per heavy atom. The maximum absolute atomic E-state index is 5.55. The quantitative estimate of drug-likeness (QED) is 0.821. The standard InChI is InChI=1S/C14H21N7O/c1-4-21-13(12-9(2)19(3)18-15-12)16-17-14(21)20-5-10-7-22-8-11(10)6-20/h10-11H,4-8H2,1-3H3/t10-,11+. The molecule has 0 aromatic carbocycles. The number of ether oxygens (including phenoxy) is 1. The van der Waals surface area contributed by atoms with E-state index in [2.05, 4.69) is 36.9 Å². The number of rotatable bonds is 3. The lowest BCUT2D eigenvalue weighted by atomic mass is 10.0. The summed E-state index contributed by atoms with van der Waals surface area (Å²) in [5, 5.41) is 17.2. The molecule has 2 aliphatic heterocycles. The second-order valence-corrected chi connectivity index (χ2v) is 6.18. The van der Waals surface area contributed by atoms with Crippen molar-refractivity contribution in [2.75, 3.05) is 31.2 Å². The number of nitrogens with zero attached hydrogens (tertiary/aromatic N) is 7. The lowest BCUT2D eigenvalue weighted by molar-refractivity contribution is 0.177. The summed E-state index contributed by atoms with van der Waals surface area (Å²) in [7, 11) is 1.89. The minimum Gasteiger partial charge on any atom is -0.381 e. The summed E-state index contributed by atoms with van der Waals surface area (Å²) in [4.78, 5) is 2.34. The van der Waals surface area contributed by atoms with Crippen LogP contribution in [0, 0.1) is 18.8 Å². The van der Waals surface area contributed by atoms with Crippen molar-refractivity contribution in [3.8, 4) is 11.5 Å². The van der Waals surface area contributed by atoms with Crippen LogP contribution in [0.1, 0.15) is 12.6 Å². The van der Waals surface area contributed by atoms with Crippen LogP contribution in [0.3, 0.4) is 0 Å². The van der Waals surface area contributed by atoms with Crippen molar-refractivity contribution in [3.05, 3.63) is 5.69 Å². The summed E-state index contributed by atoms with van der Waals surface area (Å²) < 4.78 is 9.46. The molecule has 8 heteroatoms. The molecule has 0 bridgehead atoms. The van der Waals surface area contributed by atoms with Crippen molar-refractivity contribution >= 4 is 5.95 Å². The topological polar surface area (TPSA) is 73.9 Å². The summed E-state index contributed by atoms with van der Waals surface area (Å²) in [5.74, 6) is 3.00. The Kier molecular flexibility index (Phi) is 3.14. The molecule has 0 saturated carbocycles. The molecule has 8 nitrogen and oxygen atoms in total. The molecule has 4 rings (SSSR count). The maximum Gasteiger partial charge on any atom is 0.227 e. The lowest BCUT2D eigenvalue weighted by Crippen LogP contribution is -2.25. The van der Waals surface area contributed by atoms with Gasteiger partial charge in [-0.2, -0.15) is 0 Å². The molecule has 2 saturated heterocycles. The Morgan fingerprint density at radius 2 is 1.86 bits per heavy atom. The highest BCUT2D eigenvalue weighted by atomic mass is 16.5. The highest BCUT2D eigenvalue weighted by molar-refractivity contribution is 5.55. The van der Waals surface area contributed by atoms with Crippen molar-refractivity contribution in [2.45, 2.75) is 20.4 Å². The Labute approximate surface area is 129 Å². The van der Waals surface area contributed by atoms with Gasteiger partial charge in [-0.25, -0.2) is 0 Å². The molecule has 0 radical (unpaired) electrons. The highest BCUT2D eigenvalue weighted by Crippen LogP contribution is 2.33. The van der Waals surface area contributed by atoms with E-state index in [4.69, 9.17) is 4.74 Å². The number of fused-ring (bicyclic) bond motifs is 1. The number of hydrogen-bond acceptors (Lipinski definition) is 6. The first-order valence-corrected chi connectivity index (χ1v) is 7.81. The van der Waals surface area contributed by atoms with Crippen molar-refractivity contribution in [1.29, 1.82) is 0 Å². The highest BCUT2D eigenvalue weighted by Gasteiger charge is 2.39. The van der Waals surface area contributed by atoms with Crippen molar-refractivity contribution in [1.82, 2.24) is 29.8 Å². The second-order valence-electron chi connectivity index (χ2n) is 6.18. The van der Waals surface area contributed by atoms with E-state index in [-0.39, 0.29) is 0 Å². The summed E-state index contributed by atoms with van der Waals surface area (Å²) in [6.45, 7) is 8.68. The maximum atomic E-state index is 5.55. The second kappa shape index (κ2) is 5.05. The predicted molar refractivity (Wildman–Crippen MR) is 80.4 cm³/mol. The van der Waals surface area contributed by atoms with Crippen molar-refractivity contribution in [2.24, 2.45) is 18.9 Å². The minimum absolute atomic E-state index is 0.628. The fourth-order valence-electron chi connectivity index (χ4n) is 3.46. The Bertz CT molecular complexity index is 679. The fourth-order valence-corrected chi connectivity index (χ4v) is 3.46. The molecular weight excluding hydrogens is 282 g/mol. The number of aryl methyl sites for hydroxylation is 1. The molecule has 4 heterocycles. The van der Waals surface area contributed by atoms with Gasteiger partial charge in [-0.05, 0) is 13.8 Å². The zero-order chi connectivity index (χ0) is 15.3. The van der Waals surface area contributed by atoms with E-state index in [9.17, 15) is 0 Å². The Hall–Kier alpha value is -1.96. The third kappa shape index (κ3) is 1.93. The van der Waals surface area contributed by atoms with E-state index in [0.29, 0.717) is 11.8 Å². The fraction of sp³-hybridized carbons (Fsp3) is 0.714. The van der Waals surface area contributed by atoms with E-state index in [1.54, 1.807) is 4.68 Å². The van der Waals surface area contributed by atoms with Gasteiger partial charge in [0.05, 0.1) is 18.9 Å². The van der Waals surface area contributed by atoms with Gasteiger partial charge in [-0.3, -0.25) is 9.25 Å². The average Bonchev–Trinajstić information content (AvgIpc) is 3.22. The number of aromatic nitrogens is 6. The average molecular weight is 303 g/mol. The van der Waals surface area contributed by atoms with E-state index in [1.165, 1.54) is 0 Å². The molecule has 0 amide bonds. The van der Waals surface area contributed by atoms with E-state index >= 15 is 0 Å². The van der Waals surface area contributed by atoms with Crippen LogP contribution in [0.4, 0.5) is 5.95 Å². The van der Waals surface area contributed by atoms with Crippen LogP contribution >= 0.6 is 0 Å². The predicted octanol–water partition coefficient (Wildman–Crippen LogP) is 0.485. The smallest absolute Gasteiger partial charge is 0.227 e. The van der Waals surface area contributed by atoms with Gasteiger partial charge in [0.25, 0.3) is 0 Å². The normalized spacial score (nSPS) is 24.2. The van der Waals surface area contributed by atoms with Gasteiger partial charge in [0.2, 0.25) is 5.95 Å². The van der Waals surface area contributed by atoms with Crippen LogP contribution in [0.5, 0.6) is 0 Å². The van der Waals surface area contributed by atoms with Gasteiger partial charge in [0.15, 0.2) is 11.5 Å². The molecule has 2 fully saturated rings. The van der Waals surface area contributed by atoms with Crippen LogP contribution in [0.2, 0.25) is 0 Å². The molecule has 2 aliphatic rings. The molecule has 2 aromatic rings. The van der Waals surface area contributed by atoms with E-state index < -0.39 is 0 Å². The van der Waals surface area contributed by atoms with Crippen LogP contribution in [0.15, 0.2) is 0 Å². The molecule has 0 aliphatic carbocycles. The van der Waals surface area contributed by atoms with Crippen LogP contribution in [0.25, 0.3) is 11.5 Å². The Morgan fingerprint density at radius 1 is 1.14 bits per heavy atom. The summed E-state index contributed by atoms with van der Waals surface area (Å²) in [6, 6.07) is 0. The van der Waals surface area contributed by atoms with Gasteiger partial charge in [-0.15, -0.1) is 15.3 Å². The Balaban J connectivity index is 1.69. The van der Waals surface area contributed by atoms with Gasteiger partial charge in [0.1, 0.15) is 0 Å². The van der Waals surface area contributed by atoms with Crippen LogP contribution in [-0.2, 0) is 18.3 Å². The number of anilines is 1. The van der Waals surface area contributed by atoms with Crippen molar-refractivity contribution in [3.63, 3.8) is 0 Å². The molecule has 0 spiro atoms. The van der Waals surface area contributed by atoms with E-state index in [0.717, 1.165) is 56.0 Å². The SMILES string of the molecule is CCn1c(-c2nnn(C)c2C)nnc1N1C[C@H]2COC[C@H]2C1. The molecule has 0 N–H and O–H groups in total. The zero-order valence-corrected chi connectivity index (χ0v) is 13.2. The largest absolute Gasteiger partial charge is 0.381 e. The first-order valence-electron chi connectivity index (χ1n) is 7.81. The number of hydrogen-bond donors (Lipinski definition) is 0. The van der Waals surface area contributed by atoms with Gasteiger partial charge in [0, 0.05) is 38.5 Å². The van der Waals surface area contributed by atoms with Crippen LogP contribution < -0.4 is 4.90 Å². The van der Waals surface area contributed by atoms with Crippen molar-refractivity contribution < 1.29 is 4.74 Å². The first-order chi connectivity index (χ1) is 10.7. The lowest BCUT2D eigenvalue weighted by Gasteiger charge is -2.19. The minimum atomic E-state index is 0.628. The van der Waals surface area contributed by atoms with E-state index in [1.807, 2.05) is 14.0 Å². The third-order valence-corrected chi connectivity index (χ3v) is 4.89. The molecular formula is C14H21N7O. The van der Waals surface area contributed by atoms with Gasteiger partial charge >= 0.3 is 0 Å². The third-order valence-electron chi connectivity index (χ3n) is 4.89. The summed E-state index contributed by atoms with van der Waals surface area (Å²) in [5.41, 5.74) is 1.81. The zero-order valence-electron chi connectivity index (χ0n) is 13.2. The summed E-state index contributed by atoms with van der Waals surface area (Å²) >= 11 is 0. The molecule has 22 heavy (non-hydrogen) atoms. The molecule has 2 aromatic heterocycles. The van der Waals surface area contributed by atoms with Gasteiger partial charge in [-0.1, -0.05) is 5.21 Å². The molecule has 118 valence electrons. The monoisotopic (exact) mass is 303 g/mol. The van der Waals surface area contributed by atoms with Gasteiger partial charge < -0.3 is 9.64 Å². The molecule has 0 unspecified atom stereocenters. The first kappa shape index (κ1) is 13.7.